The summed E-state index contributed by atoms with van der Waals surface area (Å²) in [7, 11) is 0. The fourth-order valence-corrected chi connectivity index (χ4v) is 3.45. The van der Waals surface area contributed by atoms with Crippen LogP contribution in [0.3, 0.4) is 0 Å². The zero-order chi connectivity index (χ0) is 26.1. The van der Waals surface area contributed by atoms with E-state index in [-0.39, 0.29) is 12.3 Å². The molecule has 1 aromatic heterocycles. The van der Waals surface area contributed by atoms with Crippen molar-refractivity contribution in [2.24, 2.45) is 11.7 Å². The molecule has 0 fully saturated rings. The quantitative estimate of drug-likeness (QED) is 0.199. The largest absolute Gasteiger partial charge is 0.481 e. The number of carbonyl (C=O) groups is 5. The molecule has 1 aromatic carbocycles. The van der Waals surface area contributed by atoms with Crippen molar-refractivity contribution in [3.63, 3.8) is 0 Å². The number of para-hydroxylation sites is 1. The molecule has 0 bridgehead atoms. The van der Waals surface area contributed by atoms with Crippen LogP contribution in [0.4, 0.5) is 0 Å². The Morgan fingerprint density at radius 3 is 2.26 bits per heavy atom. The molecule has 2 aromatic rings. The Balaban J connectivity index is 2.29. The summed E-state index contributed by atoms with van der Waals surface area (Å²) < 4.78 is 0. The summed E-state index contributed by atoms with van der Waals surface area (Å²) in [6.07, 6.45) is 1.58. The molecule has 12 heteroatoms. The summed E-state index contributed by atoms with van der Waals surface area (Å²) in [5.41, 5.74) is 7.55. The third kappa shape index (κ3) is 7.81. The number of aromatic amines is 1. The number of nitrogens with one attached hydrogen (secondary N) is 4. The van der Waals surface area contributed by atoms with E-state index < -0.39 is 60.8 Å². The zero-order valence-electron chi connectivity index (χ0n) is 19.5. The minimum atomic E-state index is -1.55. The smallest absolute Gasteiger partial charge is 0.322 e. The van der Waals surface area contributed by atoms with Gasteiger partial charge < -0.3 is 36.9 Å². The summed E-state index contributed by atoms with van der Waals surface area (Å²) in [5, 5.41) is 25.7. The SMILES string of the molecule is CCC(C)C(N)C(=O)NC(Cc1c[nH]c2ccccc12)C(=O)NC(CC(=O)O)C(=O)NCC(=O)O. The van der Waals surface area contributed by atoms with E-state index in [2.05, 4.69) is 20.9 Å². The highest BCUT2D eigenvalue weighted by Gasteiger charge is 2.31. The van der Waals surface area contributed by atoms with Crippen LogP contribution in [-0.2, 0) is 30.4 Å². The molecule has 0 radical (unpaired) electrons. The predicted octanol–water partition coefficient (Wildman–Crippen LogP) is -0.271. The second-order valence-electron chi connectivity index (χ2n) is 8.31. The molecule has 0 aliphatic carbocycles. The lowest BCUT2D eigenvalue weighted by Crippen LogP contribution is -2.57. The Kier molecular flexibility index (Phi) is 9.76. The van der Waals surface area contributed by atoms with E-state index >= 15 is 0 Å². The number of benzene rings is 1. The van der Waals surface area contributed by atoms with E-state index in [1.807, 2.05) is 31.2 Å². The number of nitrogens with two attached hydrogens (primary N) is 1. The van der Waals surface area contributed by atoms with Crippen molar-refractivity contribution in [2.75, 3.05) is 6.54 Å². The van der Waals surface area contributed by atoms with Crippen LogP contribution in [0.15, 0.2) is 30.5 Å². The second kappa shape index (κ2) is 12.5. The highest BCUT2D eigenvalue weighted by molar-refractivity contribution is 5.95. The molecule has 12 nitrogen and oxygen atoms in total. The lowest BCUT2D eigenvalue weighted by atomic mass is 9.98. The first-order valence-electron chi connectivity index (χ1n) is 11.2. The van der Waals surface area contributed by atoms with Crippen LogP contribution in [0.25, 0.3) is 10.9 Å². The number of fused-ring (bicyclic) bond motifs is 1. The molecule has 0 aliphatic rings. The van der Waals surface area contributed by atoms with Crippen molar-refractivity contribution in [1.82, 2.24) is 20.9 Å². The standard InChI is InChI=1S/C23H31N5O7/c1-3-12(2)20(24)23(35)28-16(8-13-10-25-15-7-5-4-6-14(13)15)22(34)27-17(9-18(29)30)21(33)26-11-19(31)32/h4-7,10,12,16-17,20,25H,3,8-9,11,24H2,1-2H3,(H,26,33)(H,27,34)(H,28,35)(H,29,30)(H,31,32). The first-order valence-corrected chi connectivity index (χ1v) is 11.2. The second-order valence-corrected chi connectivity index (χ2v) is 8.31. The third-order valence-corrected chi connectivity index (χ3v) is 5.72. The average Bonchev–Trinajstić information content (AvgIpc) is 3.22. The van der Waals surface area contributed by atoms with Crippen molar-refractivity contribution in [2.45, 2.75) is 51.2 Å². The van der Waals surface area contributed by atoms with Gasteiger partial charge in [-0.1, -0.05) is 38.5 Å². The van der Waals surface area contributed by atoms with Gasteiger partial charge in [0, 0.05) is 23.5 Å². The molecular formula is C23H31N5O7. The molecule has 8 N–H and O–H groups in total. The van der Waals surface area contributed by atoms with Gasteiger partial charge in [-0.25, -0.2) is 0 Å². The molecule has 190 valence electrons. The van der Waals surface area contributed by atoms with Crippen molar-refractivity contribution >= 4 is 40.6 Å². The molecule has 4 unspecified atom stereocenters. The van der Waals surface area contributed by atoms with Crippen LogP contribution in [-0.4, -0.2) is 69.5 Å². The third-order valence-electron chi connectivity index (χ3n) is 5.72. The molecule has 35 heavy (non-hydrogen) atoms. The van der Waals surface area contributed by atoms with Crippen molar-refractivity contribution < 1.29 is 34.2 Å². The maximum absolute atomic E-state index is 13.2. The monoisotopic (exact) mass is 489 g/mol. The number of hydrogen-bond donors (Lipinski definition) is 7. The topological polar surface area (TPSA) is 204 Å². The Morgan fingerprint density at radius 1 is 0.971 bits per heavy atom. The lowest BCUT2D eigenvalue weighted by molar-refractivity contribution is -0.141. The highest BCUT2D eigenvalue weighted by atomic mass is 16.4. The number of aliphatic carboxylic acids is 2. The van der Waals surface area contributed by atoms with Gasteiger partial charge in [-0.15, -0.1) is 0 Å². The maximum atomic E-state index is 13.2. The van der Waals surface area contributed by atoms with E-state index in [1.54, 1.807) is 13.1 Å². The van der Waals surface area contributed by atoms with Gasteiger partial charge in [-0.05, 0) is 17.5 Å². The number of carboxylic acids is 2. The van der Waals surface area contributed by atoms with E-state index in [9.17, 15) is 24.0 Å². The van der Waals surface area contributed by atoms with Gasteiger partial charge in [0.1, 0.15) is 18.6 Å². The number of carboxylic acid groups (broad SMARTS) is 2. The van der Waals surface area contributed by atoms with Gasteiger partial charge in [0.2, 0.25) is 17.7 Å². The summed E-state index contributed by atoms with van der Waals surface area (Å²) in [5.74, 6) is -5.22. The Morgan fingerprint density at radius 2 is 1.63 bits per heavy atom. The number of aromatic nitrogens is 1. The fraction of sp³-hybridized carbons (Fsp3) is 0.435. The van der Waals surface area contributed by atoms with Crippen molar-refractivity contribution in [3.05, 3.63) is 36.0 Å². The number of H-pyrrole nitrogens is 1. The van der Waals surface area contributed by atoms with Gasteiger partial charge in [0.05, 0.1) is 12.5 Å². The number of hydrogen-bond acceptors (Lipinski definition) is 6. The van der Waals surface area contributed by atoms with E-state index in [0.717, 1.165) is 10.9 Å². The molecule has 0 saturated heterocycles. The summed E-state index contributed by atoms with van der Waals surface area (Å²) in [6.45, 7) is 2.93. The molecule has 1 heterocycles. The summed E-state index contributed by atoms with van der Waals surface area (Å²) in [6, 6.07) is 3.74. The molecule has 4 atom stereocenters. The van der Waals surface area contributed by atoms with E-state index in [0.29, 0.717) is 12.0 Å². The van der Waals surface area contributed by atoms with Gasteiger partial charge in [-0.2, -0.15) is 0 Å². The van der Waals surface area contributed by atoms with Crippen LogP contribution in [0.1, 0.15) is 32.3 Å². The molecule has 0 aliphatic heterocycles. The van der Waals surface area contributed by atoms with E-state index in [1.165, 1.54) is 0 Å². The highest BCUT2D eigenvalue weighted by Crippen LogP contribution is 2.19. The lowest BCUT2D eigenvalue weighted by Gasteiger charge is -2.25. The normalized spacial score (nSPS) is 14.4. The zero-order valence-corrected chi connectivity index (χ0v) is 19.5. The van der Waals surface area contributed by atoms with Gasteiger partial charge in [0.15, 0.2) is 0 Å². The minimum absolute atomic E-state index is 0.0331. The summed E-state index contributed by atoms with van der Waals surface area (Å²) in [4.78, 5) is 63.3. The number of rotatable bonds is 13. The van der Waals surface area contributed by atoms with Crippen molar-refractivity contribution in [1.29, 1.82) is 0 Å². The minimum Gasteiger partial charge on any atom is -0.481 e. The van der Waals surface area contributed by atoms with Crippen LogP contribution in [0.5, 0.6) is 0 Å². The van der Waals surface area contributed by atoms with E-state index in [4.69, 9.17) is 15.9 Å². The molecule has 0 spiro atoms. The Hall–Kier alpha value is -3.93. The maximum Gasteiger partial charge on any atom is 0.322 e. The first-order chi connectivity index (χ1) is 16.5. The van der Waals surface area contributed by atoms with Crippen LogP contribution < -0.4 is 21.7 Å². The van der Waals surface area contributed by atoms with Crippen LogP contribution >= 0.6 is 0 Å². The van der Waals surface area contributed by atoms with Crippen molar-refractivity contribution in [3.8, 4) is 0 Å². The number of amides is 3. The van der Waals surface area contributed by atoms with Gasteiger partial charge >= 0.3 is 11.9 Å². The average molecular weight is 490 g/mol. The molecule has 3 amide bonds. The predicted molar refractivity (Wildman–Crippen MR) is 126 cm³/mol. The Bertz CT molecular complexity index is 1080. The van der Waals surface area contributed by atoms with Gasteiger partial charge in [-0.3, -0.25) is 24.0 Å². The molecule has 2 rings (SSSR count). The van der Waals surface area contributed by atoms with Crippen LogP contribution in [0, 0.1) is 5.92 Å². The van der Waals surface area contributed by atoms with Crippen LogP contribution in [0.2, 0.25) is 0 Å². The molecule has 0 saturated carbocycles. The summed E-state index contributed by atoms with van der Waals surface area (Å²) >= 11 is 0. The first kappa shape index (κ1) is 27.3. The fourth-order valence-electron chi connectivity index (χ4n) is 3.45. The van der Waals surface area contributed by atoms with Gasteiger partial charge in [0.25, 0.3) is 0 Å². The molecular weight excluding hydrogens is 458 g/mol. The number of carbonyl (C=O) groups excluding carboxylic acids is 3. The Labute approximate surface area is 201 Å².